The monoisotopic (exact) mass is 353 g/mol. The topological polar surface area (TPSA) is 66.4 Å². The van der Waals surface area contributed by atoms with Gasteiger partial charge in [0.25, 0.3) is 0 Å². The molecule has 128 valence electrons. The van der Waals surface area contributed by atoms with Gasteiger partial charge in [0.1, 0.15) is 0 Å². The van der Waals surface area contributed by atoms with Gasteiger partial charge in [-0.3, -0.25) is 4.98 Å². The Morgan fingerprint density at radius 2 is 1.88 bits per heavy atom. The Labute approximate surface area is 151 Å². The smallest absolute Gasteiger partial charge is 0.162 e. The van der Waals surface area contributed by atoms with Crippen molar-refractivity contribution in [1.29, 1.82) is 0 Å². The van der Waals surface area contributed by atoms with E-state index in [4.69, 9.17) is 4.74 Å². The lowest BCUT2D eigenvalue weighted by Crippen LogP contribution is -2.00. The average molecular weight is 353 g/mol. The zero-order chi connectivity index (χ0) is 17.5. The number of benzene rings is 2. The van der Waals surface area contributed by atoms with E-state index in [2.05, 4.69) is 15.0 Å². The van der Waals surface area contributed by atoms with E-state index in [0.717, 1.165) is 21.8 Å². The van der Waals surface area contributed by atoms with Crippen molar-refractivity contribution >= 4 is 23.3 Å². The second-order valence-corrected chi connectivity index (χ2v) is 6.17. The van der Waals surface area contributed by atoms with Crippen LogP contribution < -0.4 is 14.8 Å². The number of hydrogen-bond donors (Lipinski definition) is 3. The minimum Gasteiger partial charge on any atom is -0.504 e. The zero-order valence-electron chi connectivity index (χ0n) is 13.8. The Morgan fingerprint density at radius 3 is 2.60 bits per heavy atom. The molecule has 5 nitrogen and oxygen atoms in total. The summed E-state index contributed by atoms with van der Waals surface area (Å²) in [5.41, 5.74) is 2.73. The van der Waals surface area contributed by atoms with Crippen LogP contribution in [0.4, 0.5) is 11.4 Å². The number of aromatic hydroxyl groups is 1. The summed E-state index contributed by atoms with van der Waals surface area (Å²) in [5.74, 6) is 0.651. The van der Waals surface area contributed by atoms with E-state index < -0.39 is 0 Å². The number of hydrogen-bond acceptors (Lipinski definition) is 6. The van der Waals surface area contributed by atoms with Gasteiger partial charge in [-0.05, 0) is 54.4 Å². The molecule has 0 atom stereocenters. The number of nitrogens with zero attached hydrogens (tertiary/aromatic N) is 1. The van der Waals surface area contributed by atoms with Crippen molar-refractivity contribution in [1.82, 2.24) is 4.98 Å². The number of methoxy groups -OCH3 is 1. The van der Waals surface area contributed by atoms with Gasteiger partial charge >= 0.3 is 0 Å². The molecule has 3 aromatic rings. The Kier molecular flexibility index (Phi) is 5.64. The second-order valence-electron chi connectivity index (χ2n) is 5.29. The highest BCUT2D eigenvalue weighted by molar-refractivity contribution is 8.00. The van der Waals surface area contributed by atoms with E-state index in [1.807, 2.05) is 48.5 Å². The first-order valence-electron chi connectivity index (χ1n) is 7.78. The summed E-state index contributed by atoms with van der Waals surface area (Å²) in [4.78, 5) is 5.16. The second kappa shape index (κ2) is 8.30. The predicted octanol–water partition coefficient (Wildman–Crippen LogP) is 4.53. The molecule has 0 saturated heterocycles. The number of phenols is 1. The van der Waals surface area contributed by atoms with Gasteiger partial charge in [0.05, 0.1) is 19.0 Å². The van der Waals surface area contributed by atoms with E-state index in [0.29, 0.717) is 12.3 Å². The molecule has 0 bridgehead atoms. The van der Waals surface area contributed by atoms with Gasteiger partial charge in [-0.1, -0.05) is 12.1 Å². The lowest BCUT2D eigenvalue weighted by Gasteiger charge is -2.11. The maximum Gasteiger partial charge on any atom is 0.162 e. The maximum atomic E-state index is 10.1. The quantitative estimate of drug-likeness (QED) is 0.543. The summed E-state index contributed by atoms with van der Waals surface area (Å²) in [6.07, 6.45) is 3.53. The van der Waals surface area contributed by atoms with Gasteiger partial charge < -0.3 is 19.9 Å². The summed E-state index contributed by atoms with van der Waals surface area (Å²) in [6, 6.07) is 17.4. The number of anilines is 2. The van der Waals surface area contributed by atoms with Crippen LogP contribution in [0.1, 0.15) is 5.56 Å². The Balaban J connectivity index is 1.56. The number of ether oxygens (including phenoxy) is 1. The van der Waals surface area contributed by atoms with Crippen LogP contribution in [-0.2, 0) is 6.54 Å². The first kappa shape index (κ1) is 17.0. The van der Waals surface area contributed by atoms with Crippen LogP contribution in [0.2, 0.25) is 0 Å². The van der Waals surface area contributed by atoms with Gasteiger partial charge in [0.2, 0.25) is 0 Å². The molecule has 0 fully saturated rings. The van der Waals surface area contributed by atoms with Crippen molar-refractivity contribution in [2.75, 3.05) is 17.1 Å². The first-order chi connectivity index (χ1) is 12.3. The number of para-hydroxylation sites is 1. The van der Waals surface area contributed by atoms with Crippen LogP contribution in [0.3, 0.4) is 0 Å². The molecule has 0 amide bonds. The normalized spacial score (nSPS) is 10.3. The molecule has 2 aromatic carbocycles. The van der Waals surface area contributed by atoms with Crippen LogP contribution in [0.5, 0.6) is 11.5 Å². The fourth-order valence-corrected chi connectivity index (χ4v) is 2.88. The third-order valence-corrected chi connectivity index (χ3v) is 4.43. The minimum atomic E-state index is 0.172. The molecule has 0 spiro atoms. The van der Waals surface area contributed by atoms with E-state index in [1.165, 1.54) is 11.9 Å². The van der Waals surface area contributed by atoms with E-state index >= 15 is 0 Å². The van der Waals surface area contributed by atoms with Gasteiger partial charge in [0, 0.05) is 28.9 Å². The van der Waals surface area contributed by atoms with Crippen LogP contribution in [-0.4, -0.2) is 17.2 Å². The third-order valence-electron chi connectivity index (χ3n) is 3.59. The summed E-state index contributed by atoms with van der Waals surface area (Å²) in [5, 5.41) is 13.4. The highest BCUT2D eigenvalue weighted by atomic mass is 32.2. The molecule has 0 saturated carbocycles. The SMILES string of the molecule is COc1cccc(CNc2ccc(SNc3cccnc3)cc2)c1O. The lowest BCUT2D eigenvalue weighted by atomic mass is 10.2. The van der Waals surface area contributed by atoms with E-state index in [-0.39, 0.29) is 5.75 Å². The van der Waals surface area contributed by atoms with Crippen LogP contribution >= 0.6 is 11.9 Å². The summed E-state index contributed by atoms with van der Waals surface area (Å²) in [6.45, 7) is 0.517. The van der Waals surface area contributed by atoms with Crippen molar-refractivity contribution in [3.8, 4) is 11.5 Å². The fourth-order valence-electron chi connectivity index (χ4n) is 2.25. The van der Waals surface area contributed by atoms with Gasteiger partial charge in [0.15, 0.2) is 11.5 Å². The fraction of sp³-hybridized carbons (Fsp3) is 0.105. The van der Waals surface area contributed by atoms with Crippen molar-refractivity contribution in [3.63, 3.8) is 0 Å². The number of rotatable bonds is 7. The molecular weight excluding hydrogens is 334 g/mol. The maximum absolute atomic E-state index is 10.1. The van der Waals surface area contributed by atoms with Crippen molar-refractivity contribution in [3.05, 3.63) is 72.6 Å². The molecule has 0 aliphatic heterocycles. The first-order valence-corrected chi connectivity index (χ1v) is 8.59. The zero-order valence-corrected chi connectivity index (χ0v) is 14.6. The number of pyridine rings is 1. The van der Waals surface area contributed by atoms with Crippen molar-refractivity contribution in [2.45, 2.75) is 11.4 Å². The summed E-state index contributed by atoms with van der Waals surface area (Å²) in [7, 11) is 1.54. The molecule has 3 rings (SSSR count). The molecule has 1 heterocycles. The Hall–Kier alpha value is -2.86. The molecule has 3 N–H and O–H groups in total. The highest BCUT2D eigenvalue weighted by Crippen LogP contribution is 2.30. The molecule has 1 aromatic heterocycles. The van der Waals surface area contributed by atoms with Crippen LogP contribution in [0, 0.1) is 0 Å². The van der Waals surface area contributed by atoms with Crippen molar-refractivity contribution < 1.29 is 9.84 Å². The lowest BCUT2D eigenvalue weighted by molar-refractivity contribution is 0.371. The number of aromatic nitrogens is 1. The predicted molar refractivity (Wildman–Crippen MR) is 102 cm³/mol. The molecule has 25 heavy (non-hydrogen) atoms. The third kappa shape index (κ3) is 4.58. The number of nitrogens with one attached hydrogen (secondary N) is 2. The Bertz CT molecular complexity index is 811. The molecule has 0 radical (unpaired) electrons. The minimum absolute atomic E-state index is 0.172. The van der Waals surface area contributed by atoms with Crippen molar-refractivity contribution in [2.24, 2.45) is 0 Å². The molecule has 0 aliphatic rings. The van der Waals surface area contributed by atoms with E-state index in [9.17, 15) is 5.11 Å². The summed E-state index contributed by atoms with van der Waals surface area (Å²) >= 11 is 1.53. The molecule has 6 heteroatoms. The summed E-state index contributed by atoms with van der Waals surface area (Å²) < 4.78 is 8.37. The van der Waals surface area contributed by atoms with Gasteiger partial charge in [-0.2, -0.15) is 0 Å². The molecule has 0 unspecified atom stereocenters. The Morgan fingerprint density at radius 1 is 1.04 bits per heavy atom. The van der Waals surface area contributed by atoms with Crippen LogP contribution in [0.15, 0.2) is 71.9 Å². The molecular formula is C19H19N3O2S. The van der Waals surface area contributed by atoms with Gasteiger partial charge in [-0.15, -0.1) is 0 Å². The average Bonchev–Trinajstić information content (AvgIpc) is 2.67. The largest absolute Gasteiger partial charge is 0.504 e. The van der Waals surface area contributed by atoms with Gasteiger partial charge in [-0.25, -0.2) is 0 Å². The standard InChI is InChI=1S/C19H19N3O2S/c1-24-18-6-2-4-14(19(18)23)12-21-15-7-9-17(10-8-15)25-22-16-5-3-11-20-13-16/h2-11,13,21-23H,12H2,1H3. The molecule has 0 aliphatic carbocycles. The highest BCUT2D eigenvalue weighted by Gasteiger charge is 2.06. The number of phenolic OH excluding ortho intramolecular Hbond substituents is 1. The van der Waals surface area contributed by atoms with E-state index in [1.54, 1.807) is 25.6 Å². The van der Waals surface area contributed by atoms with Crippen LogP contribution in [0.25, 0.3) is 0 Å².